The number of benzene rings is 3. The van der Waals surface area contributed by atoms with Crippen LogP contribution in [0.4, 0.5) is 11.4 Å². The van der Waals surface area contributed by atoms with Crippen LogP contribution in [0.15, 0.2) is 77.7 Å². The lowest BCUT2D eigenvalue weighted by Gasteiger charge is -2.15. The van der Waals surface area contributed by atoms with E-state index in [-0.39, 0.29) is 17.7 Å². The molecule has 35 heavy (non-hydrogen) atoms. The van der Waals surface area contributed by atoms with Crippen molar-refractivity contribution in [1.29, 1.82) is 0 Å². The summed E-state index contributed by atoms with van der Waals surface area (Å²) in [6, 6.07) is 21.1. The van der Waals surface area contributed by atoms with Gasteiger partial charge in [0.15, 0.2) is 0 Å². The van der Waals surface area contributed by atoms with Gasteiger partial charge in [-0.05, 0) is 61.4 Å². The first-order valence-electron chi connectivity index (χ1n) is 11.4. The van der Waals surface area contributed by atoms with Gasteiger partial charge in [0.1, 0.15) is 5.75 Å². The van der Waals surface area contributed by atoms with E-state index >= 15 is 0 Å². The van der Waals surface area contributed by atoms with E-state index < -0.39 is 0 Å². The number of anilines is 2. The Kier molecular flexibility index (Phi) is 8.05. The van der Waals surface area contributed by atoms with Crippen LogP contribution >= 0.6 is 11.8 Å². The lowest BCUT2D eigenvalue weighted by Crippen LogP contribution is -2.29. The Morgan fingerprint density at radius 2 is 1.54 bits per heavy atom. The minimum atomic E-state index is -0.281. The van der Waals surface area contributed by atoms with Crippen molar-refractivity contribution in [1.82, 2.24) is 4.90 Å². The Morgan fingerprint density at radius 3 is 2.29 bits per heavy atom. The van der Waals surface area contributed by atoms with Gasteiger partial charge in [-0.3, -0.25) is 14.4 Å². The number of hydrogen-bond donors (Lipinski definition) is 2. The van der Waals surface area contributed by atoms with E-state index in [1.165, 1.54) is 11.8 Å². The number of carbonyl (C=O) groups is 3. The highest BCUT2D eigenvalue weighted by Gasteiger charge is 2.19. The van der Waals surface area contributed by atoms with Crippen molar-refractivity contribution in [3.63, 3.8) is 0 Å². The number of carbonyl (C=O) groups excluding carboxylic acids is 3. The third-order valence-corrected chi connectivity index (χ3v) is 6.76. The molecule has 3 aromatic rings. The van der Waals surface area contributed by atoms with Crippen molar-refractivity contribution in [2.75, 3.05) is 36.6 Å². The second kappa shape index (κ2) is 11.6. The van der Waals surface area contributed by atoms with Crippen molar-refractivity contribution in [2.24, 2.45) is 0 Å². The van der Waals surface area contributed by atoms with Crippen LogP contribution < -0.4 is 15.4 Å². The fourth-order valence-electron chi connectivity index (χ4n) is 3.82. The van der Waals surface area contributed by atoms with Crippen LogP contribution in [0, 0.1) is 0 Å². The average Bonchev–Trinajstić information content (AvgIpc) is 3.43. The molecule has 0 aromatic heterocycles. The highest BCUT2D eigenvalue weighted by Crippen LogP contribution is 2.26. The van der Waals surface area contributed by atoms with Gasteiger partial charge in [-0.2, -0.15) is 0 Å². The summed E-state index contributed by atoms with van der Waals surface area (Å²) in [5.41, 5.74) is 2.10. The molecule has 7 nitrogen and oxygen atoms in total. The van der Waals surface area contributed by atoms with Crippen LogP contribution in [0.3, 0.4) is 0 Å². The molecule has 2 N–H and O–H groups in total. The molecule has 3 aromatic carbocycles. The molecule has 1 aliphatic heterocycles. The summed E-state index contributed by atoms with van der Waals surface area (Å²) < 4.78 is 5.27. The molecule has 8 heteroatoms. The molecule has 0 unspecified atom stereocenters. The first kappa shape index (κ1) is 24.3. The number of thioether (sulfide) groups is 1. The van der Waals surface area contributed by atoms with E-state index in [2.05, 4.69) is 10.6 Å². The van der Waals surface area contributed by atoms with Crippen LogP contribution in [-0.4, -0.2) is 48.6 Å². The fourth-order valence-corrected chi connectivity index (χ4v) is 4.78. The molecule has 0 aliphatic carbocycles. The summed E-state index contributed by atoms with van der Waals surface area (Å²) in [6.07, 6.45) is 2.10. The number of hydrogen-bond acceptors (Lipinski definition) is 5. The molecule has 3 amide bonds. The Morgan fingerprint density at radius 1 is 0.857 bits per heavy atom. The molecule has 1 fully saturated rings. The Balaban J connectivity index is 1.38. The SMILES string of the molecule is COc1ccccc1NC(=O)c1ccc(NC(=O)c2ccccc2SCC(=O)N2CCCC2)cc1. The zero-order chi connectivity index (χ0) is 24.6. The molecule has 0 radical (unpaired) electrons. The molecule has 0 bridgehead atoms. The third kappa shape index (κ3) is 6.22. The Hall–Kier alpha value is -3.78. The van der Waals surface area contributed by atoms with Gasteiger partial charge < -0.3 is 20.3 Å². The molecule has 4 rings (SSSR count). The van der Waals surface area contributed by atoms with E-state index in [4.69, 9.17) is 4.74 Å². The van der Waals surface area contributed by atoms with Gasteiger partial charge in [0.2, 0.25) is 5.91 Å². The Bertz CT molecular complexity index is 1210. The van der Waals surface area contributed by atoms with Gasteiger partial charge >= 0.3 is 0 Å². The van der Waals surface area contributed by atoms with Crippen LogP contribution in [0.1, 0.15) is 33.6 Å². The number of para-hydroxylation sites is 2. The van der Waals surface area contributed by atoms with Gasteiger partial charge in [0, 0.05) is 29.2 Å². The predicted molar refractivity (Wildman–Crippen MR) is 138 cm³/mol. The molecule has 0 spiro atoms. The number of ether oxygens (including phenoxy) is 1. The summed E-state index contributed by atoms with van der Waals surface area (Å²) >= 11 is 1.38. The van der Waals surface area contributed by atoms with E-state index in [0.29, 0.717) is 34.0 Å². The maximum Gasteiger partial charge on any atom is 0.256 e. The second-order valence-electron chi connectivity index (χ2n) is 8.06. The van der Waals surface area contributed by atoms with E-state index in [1.807, 2.05) is 29.2 Å². The van der Waals surface area contributed by atoms with Gasteiger partial charge in [-0.1, -0.05) is 24.3 Å². The average molecular weight is 490 g/mol. The zero-order valence-corrected chi connectivity index (χ0v) is 20.3. The maximum absolute atomic E-state index is 13.0. The van der Waals surface area contributed by atoms with Crippen LogP contribution in [0.2, 0.25) is 0 Å². The first-order valence-corrected chi connectivity index (χ1v) is 12.4. The molecule has 1 saturated heterocycles. The predicted octanol–water partition coefficient (Wildman–Crippen LogP) is 4.91. The molecular weight excluding hydrogens is 462 g/mol. The minimum absolute atomic E-state index is 0.102. The van der Waals surface area contributed by atoms with Crippen LogP contribution in [-0.2, 0) is 4.79 Å². The zero-order valence-electron chi connectivity index (χ0n) is 19.5. The first-order chi connectivity index (χ1) is 17.0. The standard InChI is InChI=1S/C27H27N3O4S/c1-34-23-10-4-3-9-22(23)29-26(32)19-12-14-20(15-13-19)28-27(33)21-8-2-5-11-24(21)35-18-25(31)30-16-6-7-17-30/h2-5,8-15H,6-7,16-18H2,1H3,(H,28,33)(H,29,32). The normalized spacial score (nSPS) is 12.8. The van der Waals surface area contributed by atoms with Crippen molar-refractivity contribution in [2.45, 2.75) is 17.7 Å². The molecule has 180 valence electrons. The second-order valence-corrected chi connectivity index (χ2v) is 9.08. The summed E-state index contributed by atoms with van der Waals surface area (Å²) in [5, 5.41) is 5.71. The van der Waals surface area contributed by atoms with Crippen LogP contribution in [0.25, 0.3) is 0 Å². The largest absolute Gasteiger partial charge is 0.495 e. The van der Waals surface area contributed by atoms with Gasteiger partial charge in [-0.25, -0.2) is 0 Å². The molecule has 1 aliphatic rings. The number of amides is 3. The molecule has 0 atom stereocenters. The molecular formula is C27H27N3O4S. The van der Waals surface area contributed by atoms with E-state index in [9.17, 15) is 14.4 Å². The highest BCUT2D eigenvalue weighted by molar-refractivity contribution is 8.00. The smallest absolute Gasteiger partial charge is 0.256 e. The molecule has 0 saturated carbocycles. The monoisotopic (exact) mass is 489 g/mol. The Labute approximate surface area is 208 Å². The summed E-state index contributed by atoms with van der Waals surface area (Å²) in [7, 11) is 1.55. The third-order valence-electron chi connectivity index (χ3n) is 5.70. The summed E-state index contributed by atoms with van der Waals surface area (Å²) in [5.74, 6) is 0.429. The summed E-state index contributed by atoms with van der Waals surface area (Å²) in [4.78, 5) is 40.6. The van der Waals surface area contributed by atoms with Crippen molar-refractivity contribution in [3.8, 4) is 5.75 Å². The lowest BCUT2D eigenvalue weighted by molar-refractivity contribution is -0.127. The highest BCUT2D eigenvalue weighted by atomic mass is 32.2. The fraction of sp³-hybridized carbons (Fsp3) is 0.222. The van der Waals surface area contributed by atoms with Crippen molar-refractivity contribution in [3.05, 3.63) is 83.9 Å². The maximum atomic E-state index is 13.0. The topological polar surface area (TPSA) is 87.7 Å². The quantitative estimate of drug-likeness (QED) is 0.439. The lowest BCUT2D eigenvalue weighted by atomic mass is 10.1. The number of likely N-dealkylation sites (tertiary alicyclic amines) is 1. The van der Waals surface area contributed by atoms with Crippen molar-refractivity contribution >= 4 is 40.9 Å². The van der Waals surface area contributed by atoms with E-state index in [0.717, 1.165) is 30.8 Å². The number of nitrogens with one attached hydrogen (secondary N) is 2. The van der Waals surface area contributed by atoms with Crippen molar-refractivity contribution < 1.29 is 19.1 Å². The van der Waals surface area contributed by atoms with Gasteiger partial charge in [0.25, 0.3) is 11.8 Å². The minimum Gasteiger partial charge on any atom is -0.495 e. The number of methoxy groups -OCH3 is 1. The number of rotatable bonds is 8. The summed E-state index contributed by atoms with van der Waals surface area (Å²) in [6.45, 7) is 1.63. The van der Waals surface area contributed by atoms with Gasteiger partial charge in [-0.15, -0.1) is 11.8 Å². The molecule has 1 heterocycles. The van der Waals surface area contributed by atoms with Crippen LogP contribution in [0.5, 0.6) is 5.75 Å². The van der Waals surface area contributed by atoms with E-state index in [1.54, 1.807) is 55.6 Å². The van der Waals surface area contributed by atoms with Gasteiger partial charge in [0.05, 0.1) is 24.1 Å². The number of nitrogens with zero attached hydrogens (tertiary/aromatic N) is 1.